The maximum Gasteiger partial charge on any atom is 0.270 e. The molecule has 2 aromatic heterocycles. The van der Waals surface area contributed by atoms with Crippen molar-refractivity contribution in [2.45, 2.75) is 12.8 Å². The summed E-state index contributed by atoms with van der Waals surface area (Å²) < 4.78 is 41.9. The zero-order valence-electron chi connectivity index (χ0n) is 11.7. The van der Waals surface area contributed by atoms with Crippen molar-refractivity contribution < 1.29 is 13.2 Å². The number of hydrogen-bond acceptors (Lipinski definition) is 2. The molecule has 3 aromatic rings. The highest BCUT2D eigenvalue weighted by Crippen LogP contribution is 2.29. The fourth-order valence-electron chi connectivity index (χ4n) is 2.08. The van der Waals surface area contributed by atoms with Gasteiger partial charge in [0.15, 0.2) is 0 Å². The van der Waals surface area contributed by atoms with E-state index >= 15 is 0 Å². The molecular weight excluding hydrogens is 291 g/mol. The molecule has 6 heteroatoms. The number of rotatable bonds is 3. The summed E-state index contributed by atoms with van der Waals surface area (Å²) in [5.41, 5.74) is 1.06. The van der Waals surface area contributed by atoms with Crippen LogP contribution in [0.2, 0.25) is 0 Å². The van der Waals surface area contributed by atoms with E-state index in [9.17, 15) is 13.2 Å². The Labute approximate surface area is 125 Å². The molecule has 112 valence electrons. The molecule has 0 N–H and O–H groups in total. The van der Waals surface area contributed by atoms with E-state index in [-0.39, 0.29) is 11.3 Å². The highest BCUT2D eigenvalue weighted by Gasteiger charge is 2.25. The topological polar surface area (TPSA) is 30.7 Å². The summed E-state index contributed by atoms with van der Waals surface area (Å²) in [6.45, 7) is 0.770. The standard InChI is InChI=1S/C16H12F3N3/c1-16(18,19)12-5-6-13(17)15(8-12)22-10-11(9-21-22)14-4-2-3-7-20-14/h2-10H,1H3. The van der Waals surface area contributed by atoms with E-state index in [1.54, 1.807) is 24.5 Å². The summed E-state index contributed by atoms with van der Waals surface area (Å²) in [5, 5.41) is 4.04. The van der Waals surface area contributed by atoms with Gasteiger partial charge >= 0.3 is 0 Å². The van der Waals surface area contributed by atoms with Crippen LogP contribution in [0, 0.1) is 5.82 Å². The number of pyridine rings is 1. The van der Waals surface area contributed by atoms with Crippen LogP contribution in [0.1, 0.15) is 12.5 Å². The molecule has 3 nitrogen and oxygen atoms in total. The van der Waals surface area contributed by atoms with Gasteiger partial charge in [-0.2, -0.15) is 5.10 Å². The highest BCUT2D eigenvalue weighted by atomic mass is 19.3. The summed E-state index contributed by atoms with van der Waals surface area (Å²) in [7, 11) is 0. The van der Waals surface area contributed by atoms with Crippen LogP contribution in [-0.4, -0.2) is 14.8 Å². The zero-order valence-corrected chi connectivity index (χ0v) is 11.7. The van der Waals surface area contributed by atoms with Crippen LogP contribution in [0.5, 0.6) is 0 Å². The Morgan fingerprint density at radius 2 is 1.95 bits per heavy atom. The SMILES string of the molecule is CC(F)(F)c1ccc(F)c(-n2cc(-c3ccccn3)cn2)c1. The minimum absolute atomic E-state index is 0.0267. The van der Waals surface area contributed by atoms with Gasteiger partial charge in [0.05, 0.1) is 11.9 Å². The van der Waals surface area contributed by atoms with E-state index in [0.717, 1.165) is 25.1 Å². The van der Waals surface area contributed by atoms with Gasteiger partial charge in [0, 0.05) is 30.4 Å². The number of hydrogen-bond donors (Lipinski definition) is 0. The average Bonchev–Trinajstić information content (AvgIpc) is 2.97. The van der Waals surface area contributed by atoms with Gasteiger partial charge in [-0.1, -0.05) is 12.1 Å². The van der Waals surface area contributed by atoms with Gasteiger partial charge in [0.1, 0.15) is 11.5 Å². The molecule has 0 aliphatic heterocycles. The van der Waals surface area contributed by atoms with Gasteiger partial charge in [0.25, 0.3) is 5.92 Å². The molecule has 0 saturated heterocycles. The lowest BCUT2D eigenvalue weighted by molar-refractivity contribution is 0.0174. The van der Waals surface area contributed by atoms with Gasteiger partial charge in [-0.05, 0) is 24.3 Å². The highest BCUT2D eigenvalue weighted by molar-refractivity contribution is 5.57. The molecule has 3 rings (SSSR count). The number of alkyl halides is 2. The Morgan fingerprint density at radius 3 is 2.64 bits per heavy atom. The lowest BCUT2D eigenvalue weighted by atomic mass is 10.1. The van der Waals surface area contributed by atoms with Crippen LogP contribution in [0.4, 0.5) is 13.2 Å². The third kappa shape index (κ3) is 2.72. The summed E-state index contributed by atoms with van der Waals surface area (Å²) >= 11 is 0. The van der Waals surface area contributed by atoms with Crippen LogP contribution < -0.4 is 0 Å². The summed E-state index contributed by atoms with van der Waals surface area (Å²) in [6.07, 6.45) is 4.70. The van der Waals surface area contributed by atoms with Gasteiger partial charge < -0.3 is 0 Å². The Balaban J connectivity index is 2.04. The molecule has 0 atom stereocenters. The second-order valence-electron chi connectivity index (χ2n) is 4.94. The minimum Gasteiger partial charge on any atom is -0.256 e. The van der Waals surface area contributed by atoms with E-state index in [4.69, 9.17) is 0 Å². The van der Waals surface area contributed by atoms with E-state index in [0.29, 0.717) is 11.3 Å². The van der Waals surface area contributed by atoms with Crippen molar-refractivity contribution in [1.82, 2.24) is 14.8 Å². The maximum atomic E-state index is 13.9. The zero-order chi connectivity index (χ0) is 15.7. The molecule has 2 heterocycles. The van der Waals surface area contributed by atoms with E-state index in [2.05, 4.69) is 10.1 Å². The first-order valence-electron chi connectivity index (χ1n) is 6.59. The molecular formula is C16H12F3N3. The summed E-state index contributed by atoms with van der Waals surface area (Å²) in [5.74, 6) is -3.66. The Kier molecular flexibility index (Phi) is 3.44. The van der Waals surface area contributed by atoms with Gasteiger partial charge in [0.2, 0.25) is 0 Å². The van der Waals surface area contributed by atoms with Gasteiger partial charge in [-0.3, -0.25) is 4.98 Å². The van der Waals surface area contributed by atoms with Crippen LogP contribution in [0.3, 0.4) is 0 Å². The predicted molar refractivity (Wildman–Crippen MR) is 76.3 cm³/mol. The molecule has 0 fully saturated rings. The Hall–Kier alpha value is -2.63. The first-order valence-corrected chi connectivity index (χ1v) is 6.59. The maximum absolute atomic E-state index is 13.9. The van der Waals surface area contributed by atoms with Crippen molar-refractivity contribution in [3.63, 3.8) is 0 Å². The van der Waals surface area contributed by atoms with Crippen molar-refractivity contribution in [2.24, 2.45) is 0 Å². The van der Waals surface area contributed by atoms with Crippen molar-refractivity contribution in [1.29, 1.82) is 0 Å². The molecule has 1 aromatic carbocycles. The molecule has 0 unspecified atom stereocenters. The molecule has 0 aliphatic rings. The molecule has 0 amide bonds. The third-order valence-electron chi connectivity index (χ3n) is 3.24. The van der Waals surface area contributed by atoms with Crippen LogP contribution in [0.25, 0.3) is 16.9 Å². The third-order valence-corrected chi connectivity index (χ3v) is 3.24. The van der Waals surface area contributed by atoms with Crippen molar-refractivity contribution >= 4 is 0 Å². The fourth-order valence-corrected chi connectivity index (χ4v) is 2.08. The van der Waals surface area contributed by atoms with Crippen molar-refractivity contribution in [3.05, 3.63) is 66.4 Å². The number of halogens is 3. The lowest BCUT2D eigenvalue weighted by Crippen LogP contribution is -2.09. The first-order chi connectivity index (χ1) is 10.4. The summed E-state index contributed by atoms with van der Waals surface area (Å²) in [4.78, 5) is 4.17. The molecule has 0 bridgehead atoms. The number of aromatic nitrogens is 3. The molecule has 22 heavy (non-hydrogen) atoms. The van der Waals surface area contributed by atoms with E-state index in [1.165, 1.54) is 10.9 Å². The van der Waals surface area contributed by atoms with E-state index in [1.807, 2.05) is 6.07 Å². The first kappa shape index (κ1) is 14.3. The predicted octanol–water partition coefficient (Wildman–Crippen LogP) is 4.19. The van der Waals surface area contributed by atoms with Crippen LogP contribution in [-0.2, 0) is 5.92 Å². The monoisotopic (exact) mass is 303 g/mol. The van der Waals surface area contributed by atoms with E-state index < -0.39 is 11.7 Å². The van der Waals surface area contributed by atoms with Gasteiger partial charge in [-0.15, -0.1) is 0 Å². The Bertz CT molecular complexity index is 792. The normalized spacial score (nSPS) is 11.6. The largest absolute Gasteiger partial charge is 0.270 e. The summed E-state index contributed by atoms with van der Waals surface area (Å²) in [6, 6.07) is 8.57. The smallest absolute Gasteiger partial charge is 0.256 e. The Morgan fingerprint density at radius 1 is 1.14 bits per heavy atom. The number of benzene rings is 1. The van der Waals surface area contributed by atoms with Gasteiger partial charge in [-0.25, -0.2) is 17.9 Å². The quantitative estimate of drug-likeness (QED) is 0.726. The van der Waals surface area contributed by atoms with Crippen molar-refractivity contribution in [2.75, 3.05) is 0 Å². The molecule has 0 spiro atoms. The number of nitrogens with zero attached hydrogens (tertiary/aromatic N) is 3. The van der Waals surface area contributed by atoms with Crippen LogP contribution in [0.15, 0.2) is 55.0 Å². The minimum atomic E-state index is -3.04. The molecule has 0 saturated carbocycles. The fraction of sp³-hybridized carbons (Fsp3) is 0.125. The average molecular weight is 303 g/mol. The molecule has 0 aliphatic carbocycles. The molecule has 0 radical (unpaired) electrons. The second-order valence-corrected chi connectivity index (χ2v) is 4.94. The lowest BCUT2D eigenvalue weighted by Gasteiger charge is -2.12. The van der Waals surface area contributed by atoms with Crippen molar-refractivity contribution in [3.8, 4) is 16.9 Å². The second kappa shape index (κ2) is 5.29. The van der Waals surface area contributed by atoms with Crippen LogP contribution >= 0.6 is 0 Å².